The quantitative estimate of drug-likeness (QED) is 0.493. The van der Waals surface area contributed by atoms with Gasteiger partial charge in [-0.15, -0.1) is 6.58 Å². The summed E-state index contributed by atoms with van der Waals surface area (Å²) in [6.07, 6.45) is 1.21. The van der Waals surface area contributed by atoms with E-state index in [4.69, 9.17) is 4.74 Å². The molecule has 0 unspecified atom stereocenters. The molecule has 4 atom stereocenters. The summed E-state index contributed by atoms with van der Waals surface area (Å²) in [5.74, 6) is 0. The standard InChI is InChI=1S/C12H15BrN2O5/c1-2-4-12(10(13)9(18)7(6-16)20-12)15-5-3-8(17)14-11(15)19/h2-3,5,7,9-10,16,18H,1,4,6H2,(H,14,17,19)/t7-,9-,10+,12-/m1/s1. The second kappa shape index (κ2) is 5.65. The normalized spacial score (nSPS) is 33.2. The molecule has 2 rings (SSSR count). The molecule has 7 nitrogen and oxygen atoms in total. The van der Waals surface area contributed by atoms with Crippen LogP contribution in [0.1, 0.15) is 6.42 Å². The molecule has 1 aromatic heterocycles. The summed E-state index contributed by atoms with van der Waals surface area (Å²) in [5.41, 5.74) is -2.44. The summed E-state index contributed by atoms with van der Waals surface area (Å²) >= 11 is 3.31. The van der Waals surface area contributed by atoms with E-state index in [9.17, 15) is 19.8 Å². The molecule has 20 heavy (non-hydrogen) atoms. The molecular formula is C12H15BrN2O5. The van der Waals surface area contributed by atoms with Gasteiger partial charge in [0, 0.05) is 18.7 Å². The number of H-pyrrole nitrogens is 1. The maximum absolute atomic E-state index is 12.0. The molecule has 1 aromatic rings. The molecule has 0 bridgehead atoms. The third-order valence-corrected chi connectivity index (χ3v) is 4.57. The molecule has 0 saturated carbocycles. The Balaban J connectivity index is 2.58. The molecule has 0 radical (unpaired) electrons. The Morgan fingerprint density at radius 2 is 2.30 bits per heavy atom. The van der Waals surface area contributed by atoms with Gasteiger partial charge in [0.2, 0.25) is 0 Å². The van der Waals surface area contributed by atoms with Gasteiger partial charge in [0.05, 0.1) is 17.5 Å². The van der Waals surface area contributed by atoms with Crippen LogP contribution in [0, 0.1) is 0 Å². The first-order valence-corrected chi connectivity index (χ1v) is 6.92. The SMILES string of the molecule is C=CC[C@@]1(n2ccc(=O)[nH]c2=O)O[C@H](CO)[C@@H](O)[C@@H]1Br. The van der Waals surface area contributed by atoms with E-state index < -0.39 is 34.0 Å². The Morgan fingerprint density at radius 1 is 1.60 bits per heavy atom. The minimum absolute atomic E-state index is 0.211. The van der Waals surface area contributed by atoms with Gasteiger partial charge >= 0.3 is 5.69 Å². The van der Waals surface area contributed by atoms with Gasteiger partial charge in [-0.05, 0) is 0 Å². The van der Waals surface area contributed by atoms with Crippen LogP contribution in [0.4, 0.5) is 0 Å². The molecule has 1 aliphatic rings. The molecule has 1 fully saturated rings. The monoisotopic (exact) mass is 346 g/mol. The Hall–Kier alpha value is -1.22. The minimum Gasteiger partial charge on any atom is -0.394 e. The Kier molecular flexibility index (Phi) is 4.28. The van der Waals surface area contributed by atoms with Crippen LogP contribution in [0.15, 0.2) is 34.5 Å². The fourth-order valence-electron chi connectivity index (χ4n) is 2.37. The van der Waals surface area contributed by atoms with Gasteiger partial charge < -0.3 is 14.9 Å². The number of halogens is 1. The van der Waals surface area contributed by atoms with Gasteiger partial charge in [0.25, 0.3) is 5.56 Å². The number of nitrogens with one attached hydrogen (secondary N) is 1. The number of rotatable bonds is 4. The van der Waals surface area contributed by atoms with Gasteiger partial charge in [0.15, 0.2) is 5.72 Å². The lowest BCUT2D eigenvalue weighted by atomic mass is 10.0. The molecular weight excluding hydrogens is 332 g/mol. The van der Waals surface area contributed by atoms with Crippen molar-refractivity contribution >= 4 is 15.9 Å². The fourth-order valence-corrected chi connectivity index (χ4v) is 3.22. The summed E-state index contributed by atoms with van der Waals surface area (Å²) in [5, 5.41) is 19.3. The number of aromatic nitrogens is 2. The molecule has 1 saturated heterocycles. The number of hydrogen-bond donors (Lipinski definition) is 3. The number of nitrogens with zero attached hydrogens (tertiary/aromatic N) is 1. The van der Waals surface area contributed by atoms with Crippen molar-refractivity contribution in [2.75, 3.05) is 6.61 Å². The lowest BCUT2D eigenvalue weighted by Gasteiger charge is -2.32. The molecule has 0 amide bonds. The van der Waals surface area contributed by atoms with E-state index in [2.05, 4.69) is 27.5 Å². The van der Waals surface area contributed by atoms with E-state index in [1.807, 2.05) is 0 Å². The van der Waals surface area contributed by atoms with Crippen LogP contribution in [0.3, 0.4) is 0 Å². The fraction of sp³-hybridized carbons (Fsp3) is 0.500. The zero-order valence-electron chi connectivity index (χ0n) is 10.5. The van der Waals surface area contributed by atoms with Crippen LogP contribution in [-0.2, 0) is 10.5 Å². The van der Waals surface area contributed by atoms with Gasteiger partial charge in [0.1, 0.15) is 6.10 Å². The average Bonchev–Trinajstić information content (AvgIpc) is 2.65. The molecule has 8 heteroatoms. The lowest BCUT2D eigenvalue weighted by Crippen LogP contribution is -2.49. The zero-order valence-corrected chi connectivity index (χ0v) is 12.1. The highest BCUT2D eigenvalue weighted by atomic mass is 79.9. The maximum Gasteiger partial charge on any atom is 0.330 e. The van der Waals surface area contributed by atoms with E-state index in [1.54, 1.807) is 0 Å². The molecule has 1 aliphatic heterocycles. The van der Waals surface area contributed by atoms with Gasteiger partial charge in [-0.25, -0.2) is 4.79 Å². The van der Waals surface area contributed by atoms with Crippen molar-refractivity contribution in [1.29, 1.82) is 0 Å². The summed E-state index contributed by atoms with van der Waals surface area (Å²) in [6.45, 7) is 3.23. The molecule has 2 heterocycles. The first-order chi connectivity index (χ1) is 9.46. The van der Waals surface area contributed by atoms with Gasteiger partial charge in [-0.2, -0.15) is 0 Å². The van der Waals surface area contributed by atoms with Crippen molar-refractivity contribution in [3.8, 4) is 0 Å². The predicted octanol–water partition coefficient (Wildman–Crippen LogP) is -0.719. The summed E-state index contributed by atoms with van der Waals surface area (Å²) in [7, 11) is 0. The van der Waals surface area contributed by atoms with E-state index in [0.717, 1.165) is 0 Å². The Labute approximate surface area is 122 Å². The van der Waals surface area contributed by atoms with Crippen LogP contribution in [0.25, 0.3) is 0 Å². The highest BCUT2D eigenvalue weighted by molar-refractivity contribution is 9.09. The van der Waals surface area contributed by atoms with Crippen molar-refractivity contribution in [1.82, 2.24) is 9.55 Å². The van der Waals surface area contributed by atoms with Crippen LogP contribution >= 0.6 is 15.9 Å². The molecule has 0 aliphatic carbocycles. The predicted molar refractivity (Wildman–Crippen MR) is 74.8 cm³/mol. The second-order valence-corrected chi connectivity index (χ2v) is 5.54. The summed E-state index contributed by atoms with van der Waals surface area (Å²) < 4.78 is 6.88. The van der Waals surface area contributed by atoms with Crippen molar-refractivity contribution < 1.29 is 14.9 Å². The third-order valence-electron chi connectivity index (χ3n) is 3.32. The Bertz CT molecular complexity index is 612. The van der Waals surface area contributed by atoms with Gasteiger partial charge in [-0.1, -0.05) is 22.0 Å². The van der Waals surface area contributed by atoms with Crippen molar-refractivity contribution in [2.24, 2.45) is 0 Å². The highest BCUT2D eigenvalue weighted by Crippen LogP contribution is 2.42. The molecule has 0 aromatic carbocycles. The number of alkyl halides is 1. The van der Waals surface area contributed by atoms with Crippen LogP contribution in [0.5, 0.6) is 0 Å². The number of aliphatic hydroxyl groups is 2. The molecule has 110 valence electrons. The van der Waals surface area contributed by atoms with Crippen molar-refractivity contribution in [3.05, 3.63) is 45.8 Å². The zero-order chi connectivity index (χ0) is 14.9. The molecule has 0 spiro atoms. The van der Waals surface area contributed by atoms with E-state index in [-0.39, 0.29) is 13.0 Å². The first-order valence-electron chi connectivity index (χ1n) is 6.00. The average molecular weight is 347 g/mol. The van der Waals surface area contributed by atoms with Gasteiger partial charge in [-0.3, -0.25) is 14.3 Å². The third kappa shape index (κ3) is 2.28. The van der Waals surface area contributed by atoms with E-state index >= 15 is 0 Å². The lowest BCUT2D eigenvalue weighted by molar-refractivity contribution is -0.115. The second-order valence-electron chi connectivity index (χ2n) is 4.55. The molecule has 3 N–H and O–H groups in total. The largest absolute Gasteiger partial charge is 0.394 e. The van der Waals surface area contributed by atoms with Crippen molar-refractivity contribution in [2.45, 2.75) is 29.2 Å². The number of aromatic amines is 1. The topological polar surface area (TPSA) is 105 Å². The highest BCUT2D eigenvalue weighted by Gasteiger charge is 2.54. The number of hydrogen-bond acceptors (Lipinski definition) is 5. The number of aliphatic hydroxyl groups excluding tert-OH is 2. The van der Waals surface area contributed by atoms with Crippen LogP contribution < -0.4 is 11.2 Å². The smallest absolute Gasteiger partial charge is 0.330 e. The summed E-state index contributed by atoms with van der Waals surface area (Å²) in [6, 6.07) is 1.19. The van der Waals surface area contributed by atoms with Crippen LogP contribution in [-0.4, -0.2) is 43.4 Å². The van der Waals surface area contributed by atoms with Crippen LogP contribution in [0.2, 0.25) is 0 Å². The maximum atomic E-state index is 12.0. The Morgan fingerprint density at radius 3 is 2.80 bits per heavy atom. The number of ether oxygens (including phenoxy) is 1. The first kappa shape index (κ1) is 15.2. The minimum atomic E-state index is -1.25. The van der Waals surface area contributed by atoms with E-state index in [0.29, 0.717) is 0 Å². The van der Waals surface area contributed by atoms with Crippen molar-refractivity contribution in [3.63, 3.8) is 0 Å². The van der Waals surface area contributed by atoms with E-state index in [1.165, 1.54) is 22.9 Å². The summed E-state index contributed by atoms with van der Waals surface area (Å²) in [4.78, 5) is 24.6.